The molecule has 2 heterocycles. The van der Waals surface area contributed by atoms with E-state index in [4.69, 9.17) is 17.3 Å². The Balaban J connectivity index is 2.76. The molecule has 0 saturated carbocycles. The van der Waals surface area contributed by atoms with Gasteiger partial charge in [0.15, 0.2) is 0 Å². The predicted molar refractivity (Wildman–Crippen MR) is 63.3 cm³/mol. The first-order valence-electron chi connectivity index (χ1n) is 4.83. The van der Waals surface area contributed by atoms with Crippen LogP contribution in [-0.2, 0) is 5.41 Å². The van der Waals surface area contributed by atoms with Crippen molar-refractivity contribution in [3.8, 4) is 0 Å². The Labute approximate surface area is 93.9 Å². The summed E-state index contributed by atoms with van der Waals surface area (Å²) in [5.74, 6) is 0.667. The number of fused-ring (bicyclic) bond motifs is 1. The van der Waals surface area contributed by atoms with Gasteiger partial charge in [0.2, 0.25) is 0 Å². The van der Waals surface area contributed by atoms with Gasteiger partial charge in [0.25, 0.3) is 0 Å². The van der Waals surface area contributed by atoms with E-state index in [2.05, 4.69) is 25.8 Å². The van der Waals surface area contributed by atoms with Crippen LogP contribution < -0.4 is 5.73 Å². The van der Waals surface area contributed by atoms with Gasteiger partial charge in [0.05, 0.1) is 10.7 Å². The number of nitrogens with two attached hydrogens (primary N) is 1. The Morgan fingerprint density at radius 3 is 2.60 bits per heavy atom. The fraction of sp³-hybridized carbons (Fsp3) is 0.364. The Morgan fingerprint density at radius 1 is 1.33 bits per heavy atom. The molecule has 2 aromatic rings. The third-order valence-electron chi connectivity index (χ3n) is 2.33. The van der Waals surface area contributed by atoms with Gasteiger partial charge in [-0.05, 0) is 12.1 Å². The SMILES string of the molecule is CC(C)(C)c1nc2ccc(Cl)cn2c1N. The molecule has 2 N–H and O–H groups in total. The van der Waals surface area contributed by atoms with Gasteiger partial charge in [0.1, 0.15) is 11.5 Å². The first kappa shape index (κ1) is 10.3. The van der Waals surface area contributed by atoms with Crippen molar-refractivity contribution in [1.29, 1.82) is 0 Å². The number of pyridine rings is 1. The molecule has 2 rings (SSSR count). The lowest BCUT2D eigenvalue weighted by Gasteiger charge is -2.15. The topological polar surface area (TPSA) is 43.3 Å². The maximum absolute atomic E-state index is 6.04. The van der Waals surface area contributed by atoms with Crippen LogP contribution >= 0.6 is 11.6 Å². The van der Waals surface area contributed by atoms with Crippen molar-refractivity contribution in [2.24, 2.45) is 0 Å². The zero-order valence-corrected chi connectivity index (χ0v) is 9.84. The molecule has 0 saturated heterocycles. The van der Waals surface area contributed by atoms with E-state index in [0.717, 1.165) is 11.3 Å². The molecule has 0 amide bonds. The summed E-state index contributed by atoms with van der Waals surface area (Å²) in [6, 6.07) is 3.68. The molecule has 15 heavy (non-hydrogen) atoms. The van der Waals surface area contributed by atoms with E-state index in [9.17, 15) is 0 Å². The van der Waals surface area contributed by atoms with E-state index in [1.807, 2.05) is 16.5 Å². The van der Waals surface area contributed by atoms with Crippen LogP contribution in [0.5, 0.6) is 0 Å². The lowest BCUT2D eigenvalue weighted by atomic mass is 9.92. The highest BCUT2D eigenvalue weighted by Gasteiger charge is 2.22. The summed E-state index contributed by atoms with van der Waals surface area (Å²) in [5.41, 5.74) is 7.73. The van der Waals surface area contributed by atoms with E-state index >= 15 is 0 Å². The van der Waals surface area contributed by atoms with E-state index in [1.54, 1.807) is 6.20 Å². The standard InChI is InChI=1S/C11H14ClN3/c1-11(2,3)9-10(13)15-6-7(12)4-5-8(15)14-9/h4-6H,13H2,1-3H3. The van der Waals surface area contributed by atoms with Crippen molar-refractivity contribution in [3.63, 3.8) is 0 Å². The Kier molecular flexibility index (Phi) is 2.15. The molecule has 0 aliphatic rings. The summed E-state index contributed by atoms with van der Waals surface area (Å²) < 4.78 is 1.82. The molecule has 0 radical (unpaired) electrons. The number of nitrogens with zero attached hydrogens (tertiary/aromatic N) is 2. The van der Waals surface area contributed by atoms with Crippen molar-refractivity contribution < 1.29 is 0 Å². The highest BCUT2D eigenvalue weighted by molar-refractivity contribution is 6.30. The molecular weight excluding hydrogens is 210 g/mol. The summed E-state index contributed by atoms with van der Waals surface area (Å²) in [6.07, 6.45) is 1.79. The molecule has 3 nitrogen and oxygen atoms in total. The van der Waals surface area contributed by atoms with E-state index < -0.39 is 0 Å². The van der Waals surface area contributed by atoms with Crippen LogP contribution in [0.2, 0.25) is 5.02 Å². The number of imidazole rings is 1. The van der Waals surface area contributed by atoms with Gasteiger partial charge in [-0.1, -0.05) is 32.4 Å². The van der Waals surface area contributed by atoms with Crippen LogP contribution in [0.1, 0.15) is 26.5 Å². The summed E-state index contributed by atoms with van der Waals surface area (Å²) >= 11 is 5.91. The molecule has 2 aromatic heterocycles. The van der Waals surface area contributed by atoms with Gasteiger partial charge >= 0.3 is 0 Å². The number of nitrogen functional groups attached to an aromatic ring is 1. The van der Waals surface area contributed by atoms with Gasteiger partial charge in [0, 0.05) is 11.6 Å². The second-order valence-corrected chi connectivity index (χ2v) is 5.11. The van der Waals surface area contributed by atoms with E-state index in [-0.39, 0.29) is 5.41 Å². The summed E-state index contributed by atoms with van der Waals surface area (Å²) in [6.45, 7) is 6.27. The van der Waals surface area contributed by atoms with Crippen LogP contribution in [0, 0.1) is 0 Å². The third kappa shape index (κ3) is 1.67. The quantitative estimate of drug-likeness (QED) is 0.747. The first-order valence-corrected chi connectivity index (χ1v) is 5.21. The number of anilines is 1. The van der Waals surface area contributed by atoms with Crippen LogP contribution in [0.3, 0.4) is 0 Å². The van der Waals surface area contributed by atoms with Crippen molar-refractivity contribution in [3.05, 3.63) is 29.0 Å². The van der Waals surface area contributed by atoms with Crippen molar-refractivity contribution in [2.75, 3.05) is 5.73 Å². The van der Waals surface area contributed by atoms with Crippen LogP contribution in [0.25, 0.3) is 5.65 Å². The highest BCUT2D eigenvalue weighted by Crippen LogP contribution is 2.28. The van der Waals surface area contributed by atoms with Crippen molar-refractivity contribution in [1.82, 2.24) is 9.38 Å². The third-order valence-corrected chi connectivity index (χ3v) is 2.55. The summed E-state index contributed by atoms with van der Waals surface area (Å²) in [4.78, 5) is 4.50. The summed E-state index contributed by atoms with van der Waals surface area (Å²) in [7, 11) is 0. The molecule has 0 aliphatic carbocycles. The molecule has 80 valence electrons. The molecule has 0 aliphatic heterocycles. The van der Waals surface area contributed by atoms with Gasteiger partial charge < -0.3 is 5.73 Å². The largest absolute Gasteiger partial charge is 0.383 e. The average molecular weight is 224 g/mol. The van der Waals surface area contributed by atoms with Gasteiger partial charge in [-0.15, -0.1) is 0 Å². The minimum absolute atomic E-state index is 0.0530. The fourth-order valence-electron chi connectivity index (χ4n) is 1.59. The minimum Gasteiger partial charge on any atom is -0.383 e. The number of halogens is 1. The van der Waals surface area contributed by atoms with Crippen molar-refractivity contribution in [2.45, 2.75) is 26.2 Å². The zero-order valence-electron chi connectivity index (χ0n) is 9.08. The molecule has 0 aromatic carbocycles. The lowest BCUT2D eigenvalue weighted by Crippen LogP contribution is -2.14. The van der Waals surface area contributed by atoms with Crippen LogP contribution in [0.15, 0.2) is 18.3 Å². The lowest BCUT2D eigenvalue weighted by molar-refractivity contribution is 0.576. The molecule has 0 bridgehead atoms. The van der Waals surface area contributed by atoms with Gasteiger partial charge in [-0.3, -0.25) is 4.40 Å². The predicted octanol–water partition coefficient (Wildman–Crippen LogP) is 2.87. The van der Waals surface area contributed by atoms with Crippen LogP contribution in [-0.4, -0.2) is 9.38 Å². The Bertz CT molecular complexity index is 508. The maximum Gasteiger partial charge on any atom is 0.138 e. The van der Waals surface area contributed by atoms with Crippen LogP contribution in [0.4, 0.5) is 5.82 Å². The molecular formula is C11H14ClN3. The van der Waals surface area contributed by atoms with Crippen molar-refractivity contribution >= 4 is 23.1 Å². The highest BCUT2D eigenvalue weighted by atomic mass is 35.5. The second kappa shape index (κ2) is 3.14. The molecule has 0 spiro atoms. The van der Waals surface area contributed by atoms with Gasteiger partial charge in [-0.25, -0.2) is 4.98 Å². The maximum atomic E-state index is 6.04. The number of aromatic nitrogens is 2. The molecule has 0 fully saturated rings. The first-order chi connectivity index (χ1) is 6.89. The Hall–Kier alpha value is -1.22. The normalized spacial score (nSPS) is 12.3. The fourth-order valence-corrected chi connectivity index (χ4v) is 1.75. The number of rotatable bonds is 0. The average Bonchev–Trinajstić information content (AvgIpc) is 2.43. The summed E-state index contributed by atoms with van der Waals surface area (Å²) in [5, 5.41) is 0.659. The number of hydrogen-bond acceptors (Lipinski definition) is 2. The van der Waals surface area contributed by atoms with Gasteiger partial charge in [-0.2, -0.15) is 0 Å². The number of hydrogen-bond donors (Lipinski definition) is 1. The molecule has 0 atom stereocenters. The Morgan fingerprint density at radius 2 is 2.00 bits per heavy atom. The monoisotopic (exact) mass is 223 g/mol. The minimum atomic E-state index is -0.0530. The zero-order chi connectivity index (χ0) is 11.2. The molecule has 4 heteroatoms. The smallest absolute Gasteiger partial charge is 0.138 e. The molecule has 0 unspecified atom stereocenters. The second-order valence-electron chi connectivity index (χ2n) is 4.67. The van der Waals surface area contributed by atoms with E-state index in [1.165, 1.54) is 0 Å². The van der Waals surface area contributed by atoms with E-state index in [0.29, 0.717) is 10.8 Å².